The van der Waals surface area contributed by atoms with Crippen molar-refractivity contribution in [3.63, 3.8) is 0 Å². The summed E-state index contributed by atoms with van der Waals surface area (Å²) in [6.07, 6.45) is 1.82. The number of piperidine rings is 1. The van der Waals surface area contributed by atoms with Crippen LogP contribution in [-0.4, -0.2) is 82.7 Å². The van der Waals surface area contributed by atoms with Gasteiger partial charge in [0, 0.05) is 24.8 Å². The third-order valence-corrected chi connectivity index (χ3v) is 8.15. The maximum Gasteiger partial charge on any atom is 0.321 e. The number of carboxylic acid groups (broad SMARTS) is 2. The second-order valence-electron chi connectivity index (χ2n) is 9.30. The second kappa shape index (κ2) is 6.82. The van der Waals surface area contributed by atoms with Crippen LogP contribution in [-0.2, 0) is 26.2 Å². The molecule has 6 atom stereocenters. The van der Waals surface area contributed by atoms with Crippen LogP contribution < -0.4 is 10.1 Å². The van der Waals surface area contributed by atoms with Gasteiger partial charge in [-0.25, -0.2) is 0 Å². The number of ether oxygens (including phenoxy) is 2. The first kappa shape index (κ1) is 20.5. The number of aliphatic carboxylic acids is 2. The molecule has 4 aliphatic rings. The standard InChI is InChI=1S/C22H28N2O7/c1-24-8-7-21-17-11-3-4-14(25)18(17)31-19(21)12(23-13(20(28)29)10-16(26)27)5-6-22(21,30-2)15(24)9-11/h3-4,12-13,15,19,23,25H,5-10H2,1-2H3,(H,26,27)(H,28,29)/t12-,13-,15?,19-,21?,22+/m0/s1. The Morgan fingerprint density at radius 1 is 1.35 bits per heavy atom. The number of methoxy groups -OCH3 is 1. The molecule has 4 N–H and O–H groups in total. The van der Waals surface area contributed by atoms with E-state index in [1.807, 2.05) is 6.07 Å². The number of nitrogens with one attached hydrogen (secondary N) is 1. The number of rotatable bonds is 6. The van der Waals surface area contributed by atoms with Crippen LogP contribution in [0.2, 0.25) is 0 Å². The Bertz CT molecular complexity index is 952. The minimum atomic E-state index is -1.22. The minimum absolute atomic E-state index is 0.0731. The third kappa shape index (κ3) is 2.54. The van der Waals surface area contributed by atoms with Gasteiger partial charge in [0.05, 0.1) is 17.4 Å². The fourth-order valence-corrected chi connectivity index (χ4v) is 6.96. The molecular weight excluding hydrogens is 404 g/mol. The van der Waals surface area contributed by atoms with Crippen LogP contribution >= 0.6 is 0 Å². The van der Waals surface area contributed by atoms with Crippen LogP contribution in [0.25, 0.3) is 0 Å². The summed E-state index contributed by atoms with van der Waals surface area (Å²) in [6, 6.07) is 2.14. The zero-order chi connectivity index (χ0) is 22.1. The Morgan fingerprint density at radius 2 is 2.13 bits per heavy atom. The number of likely N-dealkylation sites (tertiary alicyclic amines) is 1. The van der Waals surface area contributed by atoms with Crippen molar-refractivity contribution in [1.29, 1.82) is 0 Å². The summed E-state index contributed by atoms with van der Waals surface area (Å²) in [5, 5.41) is 32.5. The lowest BCUT2D eigenvalue weighted by Gasteiger charge is -2.65. The summed E-state index contributed by atoms with van der Waals surface area (Å²) in [4.78, 5) is 25.3. The van der Waals surface area contributed by atoms with Crippen LogP contribution in [0.15, 0.2) is 12.1 Å². The SMILES string of the molecule is CO[C@@]12CC[C@H](N[C@@H](CC(=O)O)C(=O)O)[C@@H]3Oc4c(O)ccc5c4C31CCN(C)C2C5. The fourth-order valence-electron chi connectivity index (χ4n) is 6.96. The molecule has 1 saturated heterocycles. The molecule has 2 heterocycles. The van der Waals surface area contributed by atoms with E-state index in [1.165, 1.54) is 0 Å². The van der Waals surface area contributed by atoms with Gasteiger partial charge in [-0.05, 0) is 50.9 Å². The van der Waals surface area contributed by atoms with Gasteiger partial charge in [0.15, 0.2) is 11.5 Å². The van der Waals surface area contributed by atoms with E-state index >= 15 is 0 Å². The molecule has 0 radical (unpaired) electrons. The molecule has 1 aromatic carbocycles. The largest absolute Gasteiger partial charge is 0.504 e. The molecule has 0 amide bonds. The highest BCUT2D eigenvalue weighted by atomic mass is 16.5. The van der Waals surface area contributed by atoms with Crippen molar-refractivity contribution in [3.8, 4) is 11.5 Å². The maximum atomic E-state index is 11.7. The Kier molecular flexibility index (Phi) is 4.52. The molecule has 31 heavy (non-hydrogen) atoms. The van der Waals surface area contributed by atoms with Crippen LogP contribution in [0.5, 0.6) is 11.5 Å². The predicted octanol–water partition coefficient (Wildman–Crippen LogP) is 0.716. The highest BCUT2D eigenvalue weighted by molar-refractivity contribution is 5.80. The van der Waals surface area contributed by atoms with E-state index in [0.29, 0.717) is 18.6 Å². The van der Waals surface area contributed by atoms with E-state index in [1.54, 1.807) is 13.2 Å². The average Bonchev–Trinajstić information content (AvgIpc) is 3.08. The molecule has 1 spiro atoms. The first-order valence-electron chi connectivity index (χ1n) is 10.7. The monoisotopic (exact) mass is 432 g/mol. The van der Waals surface area contributed by atoms with E-state index in [-0.39, 0.29) is 17.8 Å². The summed E-state index contributed by atoms with van der Waals surface area (Å²) in [5.74, 6) is -1.84. The summed E-state index contributed by atoms with van der Waals surface area (Å²) in [5.41, 5.74) is 1.05. The smallest absolute Gasteiger partial charge is 0.321 e. The van der Waals surface area contributed by atoms with Crippen molar-refractivity contribution in [1.82, 2.24) is 10.2 Å². The maximum absolute atomic E-state index is 11.7. The van der Waals surface area contributed by atoms with Gasteiger partial charge in [-0.2, -0.15) is 0 Å². The number of hydrogen-bond acceptors (Lipinski definition) is 7. The van der Waals surface area contributed by atoms with Crippen molar-refractivity contribution in [2.45, 2.75) is 67.3 Å². The van der Waals surface area contributed by atoms with Gasteiger partial charge >= 0.3 is 11.9 Å². The zero-order valence-electron chi connectivity index (χ0n) is 17.6. The van der Waals surface area contributed by atoms with Gasteiger partial charge in [0.1, 0.15) is 12.1 Å². The predicted molar refractivity (Wildman–Crippen MR) is 109 cm³/mol. The van der Waals surface area contributed by atoms with E-state index in [9.17, 15) is 24.9 Å². The molecule has 0 aromatic heterocycles. The lowest BCUT2D eigenvalue weighted by Crippen LogP contribution is -2.78. The van der Waals surface area contributed by atoms with Crippen LogP contribution in [0.3, 0.4) is 0 Å². The fraction of sp³-hybridized carbons (Fsp3) is 0.636. The topological polar surface area (TPSA) is 129 Å². The number of nitrogens with zero attached hydrogens (tertiary/aromatic N) is 1. The summed E-state index contributed by atoms with van der Waals surface area (Å²) < 4.78 is 12.8. The Hall–Kier alpha value is -2.36. The molecule has 9 nitrogen and oxygen atoms in total. The molecule has 2 fully saturated rings. The molecule has 5 rings (SSSR count). The number of phenolic OH excluding ortho intramolecular Hbond substituents is 1. The van der Waals surface area contributed by atoms with Gasteiger partial charge in [-0.15, -0.1) is 0 Å². The van der Waals surface area contributed by atoms with Crippen molar-refractivity contribution < 1.29 is 34.4 Å². The summed E-state index contributed by atoms with van der Waals surface area (Å²) >= 11 is 0. The van der Waals surface area contributed by atoms with Crippen molar-refractivity contribution in [3.05, 3.63) is 23.3 Å². The number of carboxylic acids is 2. The second-order valence-corrected chi connectivity index (χ2v) is 9.30. The van der Waals surface area contributed by atoms with Gasteiger partial charge < -0.3 is 29.7 Å². The highest BCUT2D eigenvalue weighted by Crippen LogP contribution is 2.66. The van der Waals surface area contributed by atoms with E-state index in [0.717, 1.165) is 30.5 Å². The molecule has 1 saturated carbocycles. The van der Waals surface area contributed by atoms with Crippen molar-refractivity contribution in [2.24, 2.45) is 0 Å². The molecule has 2 unspecified atom stereocenters. The molecule has 168 valence electrons. The first-order chi connectivity index (χ1) is 14.7. The van der Waals surface area contributed by atoms with Crippen LogP contribution in [0.4, 0.5) is 0 Å². The van der Waals surface area contributed by atoms with Crippen LogP contribution in [0.1, 0.15) is 36.8 Å². The summed E-state index contributed by atoms with van der Waals surface area (Å²) in [7, 11) is 3.84. The van der Waals surface area contributed by atoms with Crippen LogP contribution in [0, 0.1) is 0 Å². The third-order valence-electron chi connectivity index (χ3n) is 8.15. The van der Waals surface area contributed by atoms with Gasteiger partial charge in [-0.1, -0.05) is 6.07 Å². The summed E-state index contributed by atoms with van der Waals surface area (Å²) in [6.45, 7) is 0.828. The Balaban J connectivity index is 1.63. The Morgan fingerprint density at radius 3 is 2.81 bits per heavy atom. The van der Waals surface area contributed by atoms with Gasteiger partial charge in [-0.3, -0.25) is 14.9 Å². The van der Waals surface area contributed by atoms with E-state index in [2.05, 4.69) is 17.3 Å². The molecule has 1 aromatic rings. The van der Waals surface area contributed by atoms with E-state index in [4.69, 9.17) is 9.47 Å². The van der Waals surface area contributed by atoms with Gasteiger partial charge in [0.25, 0.3) is 0 Å². The molecule has 2 aliphatic carbocycles. The number of likely N-dealkylation sites (N-methyl/N-ethyl adjacent to an activating group) is 1. The zero-order valence-corrected chi connectivity index (χ0v) is 17.6. The lowest BCUT2D eigenvalue weighted by atomic mass is 9.48. The number of hydrogen-bond donors (Lipinski definition) is 4. The molecule has 2 bridgehead atoms. The Labute approximate surface area is 179 Å². The quantitative estimate of drug-likeness (QED) is 0.514. The van der Waals surface area contributed by atoms with Gasteiger partial charge in [0.2, 0.25) is 0 Å². The molecular formula is C22H28N2O7. The number of phenols is 1. The number of carbonyl (C=O) groups is 2. The molecule has 9 heteroatoms. The molecule has 2 aliphatic heterocycles. The average molecular weight is 432 g/mol. The number of aromatic hydroxyl groups is 1. The number of benzene rings is 1. The van der Waals surface area contributed by atoms with Crippen molar-refractivity contribution >= 4 is 11.9 Å². The first-order valence-corrected chi connectivity index (χ1v) is 10.7. The normalized spacial score (nSPS) is 36.4. The lowest BCUT2D eigenvalue weighted by molar-refractivity contribution is -0.204. The minimum Gasteiger partial charge on any atom is -0.504 e. The van der Waals surface area contributed by atoms with E-state index < -0.39 is 41.5 Å². The highest BCUT2D eigenvalue weighted by Gasteiger charge is 2.73. The van der Waals surface area contributed by atoms with Crippen molar-refractivity contribution in [2.75, 3.05) is 20.7 Å².